The first-order valence-electron chi connectivity index (χ1n) is 6.40. The van der Waals surface area contributed by atoms with Crippen molar-refractivity contribution in [2.75, 3.05) is 5.32 Å². The number of aryl methyl sites for hydroxylation is 1. The molecule has 1 heterocycles. The van der Waals surface area contributed by atoms with Gasteiger partial charge in [-0.05, 0) is 40.7 Å². The van der Waals surface area contributed by atoms with Crippen molar-refractivity contribution in [1.29, 1.82) is 0 Å². The number of nitrogens with one attached hydrogen (secondary N) is 1. The van der Waals surface area contributed by atoms with Gasteiger partial charge in [0.1, 0.15) is 0 Å². The molecule has 0 aliphatic heterocycles. The maximum Gasteiger partial charge on any atom is 0.250 e. The smallest absolute Gasteiger partial charge is 0.250 e. The third-order valence-corrected chi connectivity index (χ3v) is 3.76. The van der Waals surface area contributed by atoms with Crippen molar-refractivity contribution in [3.8, 4) is 0 Å². The first kappa shape index (κ1) is 15.4. The van der Waals surface area contributed by atoms with E-state index in [0.717, 1.165) is 0 Å². The van der Waals surface area contributed by atoms with Gasteiger partial charge >= 0.3 is 0 Å². The quantitative estimate of drug-likeness (QED) is 0.867. The molecule has 1 aromatic heterocycles. The SMILES string of the molecule is CCn1cc(NC(=O)C(C)(C)C(C)(C)N)ccc1=O. The molecule has 0 aromatic carbocycles. The second-order valence-corrected chi connectivity index (χ2v) is 5.84. The van der Waals surface area contributed by atoms with Gasteiger partial charge in [0.15, 0.2) is 0 Å². The Morgan fingerprint density at radius 1 is 1.32 bits per heavy atom. The van der Waals surface area contributed by atoms with Crippen LogP contribution in [-0.2, 0) is 11.3 Å². The lowest BCUT2D eigenvalue weighted by Gasteiger charge is -2.36. The summed E-state index contributed by atoms with van der Waals surface area (Å²) in [5.74, 6) is -0.165. The maximum absolute atomic E-state index is 12.3. The minimum Gasteiger partial charge on any atom is -0.325 e. The lowest BCUT2D eigenvalue weighted by atomic mass is 9.74. The molecule has 3 N–H and O–H groups in total. The van der Waals surface area contributed by atoms with E-state index in [-0.39, 0.29) is 11.5 Å². The van der Waals surface area contributed by atoms with Crippen LogP contribution in [0.3, 0.4) is 0 Å². The van der Waals surface area contributed by atoms with Crippen LogP contribution in [0, 0.1) is 5.41 Å². The van der Waals surface area contributed by atoms with Crippen LogP contribution in [-0.4, -0.2) is 16.0 Å². The number of rotatable bonds is 4. The van der Waals surface area contributed by atoms with Gasteiger partial charge in [0, 0.05) is 24.3 Å². The van der Waals surface area contributed by atoms with Crippen molar-refractivity contribution in [3.63, 3.8) is 0 Å². The topological polar surface area (TPSA) is 77.1 Å². The third-order valence-electron chi connectivity index (χ3n) is 3.76. The lowest BCUT2D eigenvalue weighted by Crippen LogP contribution is -2.53. The molecule has 0 spiro atoms. The number of nitrogens with zero attached hydrogens (tertiary/aromatic N) is 1. The summed E-state index contributed by atoms with van der Waals surface area (Å²) < 4.78 is 1.54. The van der Waals surface area contributed by atoms with Gasteiger partial charge in [0.25, 0.3) is 5.56 Å². The minimum absolute atomic E-state index is 0.0843. The molecular weight excluding hydrogens is 242 g/mol. The second-order valence-electron chi connectivity index (χ2n) is 5.84. The molecule has 5 nitrogen and oxygen atoms in total. The fraction of sp³-hybridized carbons (Fsp3) is 0.571. The molecular formula is C14H23N3O2. The van der Waals surface area contributed by atoms with Crippen LogP contribution < -0.4 is 16.6 Å². The van der Waals surface area contributed by atoms with Crippen molar-refractivity contribution in [1.82, 2.24) is 4.57 Å². The average Bonchev–Trinajstić information content (AvgIpc) is 2.30. The normalized spacial score (nSPS) is 12.3. The first-order valence-corrected chi connectivity index (χ1v) is 6.40. The van der Waals surface area contributed by atoms with Crippen molar-refractivity contribution < 1.29 is 4.79 Å². The molecule has 0 aliphatic carbocycles. The molecule has 0 radical (unpaired) electrons. The summed E-state index contributed by atoms with van der Waals surface area (Å²) in [6.07, 6.45) is 1.64. The van der Waals surface area contributed by atoms with Gasteiger partial charge in [-0.3, -0.25) is 9.59 Å². The van der Waals surface area contributed by atoms with Crippen LogP contribution in [0.5, 0.6) is 0 Å². The Bertz CT molecular complexity index is 524. The minimum atomic E-state index is -0.722. The molecule has 1 rings (SSSR count). The second kappa shape index (κ2) is 5.17. The van der Waals surface area contributed by atoms with Gasteiger partial charge in [-0.15, -0.1) is 0 Å². The Labute approximate surface area is 113 Å². The molecule has 1 aromatic rings. The molecule has 1 amide bonds. The molecule has 0 saturated heterocycles. The number of pyridine rings is 1. The molecule has 19 heavy (non-hydrogen) atoms. The summed E-state index contributed by atoms with van der Waals surface area (Å²) in [7, 11) is 0. The van der Waals surface area contributed by atoms with Gasteiger partial charge in [0.2, 0.25) is 5.91 Å². The Kier molecular flexibility index (Phi) is 4.20. The molecule has 0 atom stereocenters. The number of carbonyl (C=O) groups excluding carboxylic acids is 1. The van der Waals surface area contributed by atoms with E-state index >= 15 is 0 Å². The number of hydrogen-bond donors (Lipinski definition) is 2. The number of hydrogen-bond acceptors (Lipinski definition) is 3. The van der Waals surface area contributed by atoms with Gasteiger partial charge in [0.05, 0.1) is 11.1 Å². The molecule has 106 valence electrons. The van der Waals surface area contributed by atoms with Crippen molar-refractivity contribution in [3.05, 3.63) is 28.7 Å². The van der Waals surface area contributed by atoms with Crippen molar-refractivity contribution >= 4 is 11.6 Å². The average molecular weight is 265 g/mol. The van der Waals surface area contributed by atoms with Crippen LogP contribution in [0.2, 0.25) is 0 Å². The Balaban J connectivity index is 2.98. The monoisotopic (exact) mass is 265 g/mol. The van der Waals surface area contributed by atoms with E-state index in [1.807, 2.05) is 20.8 Å². The number of nitrogens with two attached hydrogens (primary N) is 1. The first-order chi connectivity index (χ1) is 8.59. The Hall–Kier alpha value is -1.62. The number of amides is 1. The highest BCUT2D eigenvalue weighted by Gasteiger charge is 2.40. The predicted molar refractivity (Wildman–Crippen MR) is 77.1 cm³/mol. The molecule has 0 aliphatic rings. The maximum atomic E-state index is 12.3. The zero-order valence-corrected chi connectivity index (χ0v) is 12.3. The summed E-state index contributed by atoms with van der Waals surface area (Å²) in [5, 5.41) is 2.81. The molecule has 0 saturated carbocycles. The molecule has 0 unspecified atom stereocenters. The Morgan fingerprint density at radius 3 is 2.37 bits per heavy atom. The predicted octanol–water partition coefficient (Wildman–Crippen LogP) is 1.57. The van der Waals surface area contributed by atoms with Gasteiger partial charge in [-0.2, -0.15) is 0 Å². The highest BCUT2D eigenvalue weighted by Crippen LogP contribution is 2.29. The summed E-state index contributed by atoms with van der Waals surface area (Å²) in [5.41, 5.74) is 5.18. The van der Waals surface area contributed by atoms with Gasteiger partial charge in [-0.25, -0.2) is 0 Å². The molecule has 0 bridgehead atoms. The van der Waals surface area contributed by atoms with Crippen LogP contribution in [0.25, 0.3) is 0 Å². The van der Waals surface area contributed by atoms with Crippen LogP contribution in [0.4, 0.5) is 5.69 Å². The van der Waals surface area contributed by atoms with E-state index in [2.05, 4.69) is 5.32 Å². The fourth-order valence-electron chi connectivity index (χ4n) is 1.43. The summed E-state index contributed by atoms with van der Waals surface area (Å²) in [6.45, 7) is 9.68. The zero-order valence-electron chi connectivity index (χ0n) is 12.3. The number of aromatic nitrogens is 1. The van der Waals surface area contributed by atoms with E-state index in [1.165, 1.54) is 10.6 Å². The van der Waals surface area contributed by atoms with Gasteiger partial charge in [-0.1, -0.05) is 0 Å². The summed E-state index contributed by atoms with van der Waals surface area (Å²) >= 11 is 0. The third kappa shape index (κ3) is 3.23. The van der Waals surface area contributed by atoms with E-state index in [1.54, 1.807) is 26.1 Å². The fourth-order valence-corrected chi connectivity index (χ4v) is 1.43. The lowest BCUT2D eigenvalue weighted by molar-refractivity contribution is -0.126. The largest absolute Gasteiger partial charge is 0.325 e. The van der Waals surface area contributed by atoms with Gasteiger partial charge < -0.3 is 15.6 Å². The van der Waals surface area contributed by atoms with Crippen LogP contribution >= 0.6 is 0 Å². The van der Waals surface area contributed by atoms with Crippen molar-refractivity contribution in [2.24, 2.45) is 11.1 Å². The van der Waals surface area contributed by atoms with Crippen molar-refractivity contribution in [2.45, 2.75) is 46.7 Å². The van der Waals surface area contributed by atoms with Crippen LogP contribution in [0.15, 0.2) is 23.1 Å². The summed E-state index contributed by atoms with van der Waals surface area (Å²) in [6, 6.07) is 3.05. The van der Waals surface area contributed by atoms with Crippen LogP contribution in [0.1, 0.15) is 34.6 Å². The Morgan fingerprint density at radius 2 is 1.89 bits per heavy atom. The van der Waals surface area contributed by atoms with E-state index in [0.29, 0.717) is 12.2 Å². The molecule has 5 heteroatoms. The zero-order chi connectivity index (χ0) is 14.8. The molecule has 0 fully saturated rings. The van der Waals surface area contributed by atoms with E-state index in [9.17, 15) is 9.59 Å². The highest BCUT2D eigenvalue weighted by molar-refractivity contribution is 5.95. The van der Waals surface area contributed by atoms with E-state index in [4.69, 9.17) is 5.73 Å². The van der Waals surface area contributed by atoms with E-state index < -0.39 is 11.0 Å². The summed E-state index contributed by atoms with van der Waals surface area (Å²) in [4.78, 5) is 23.8. The number of anilines is 1. The highest BCUT2D eigenvalue weighted by atomic mass is 16.2. The number of carbonyl (C=O) groups is 1. The standard InChI is InChI=1S/C14H23N3O2/c1-6-17-9-10(7-8-11(17)18)16-12(19)13(2,3)14(4,5)15/h7-9H,6,15H2,1-5H3,(H,16,19).